The summed E-state index contributed by atoms with van der Waals surface area (Å²) >= 11 is 0. The molecular formula is C14H16N2O2. The van der Waals surface area contributed by atoms with Crippen molar-refractivity contribution >= 4 is 0 Å². The van der Waals surface area contributed by atoms with Crippen molar-refractivity contribution in [3.8, 4) is 11.5 Å². The maximum atomic E-state index is 9.17. The molecule has 2 aromatic rings. The van der Waals surface area contributed by atoms with Gasteiger partial charge in [0.15, 0.2) is 0 Å². The van der Waals surface area contributed by atoms with Gasteiger partial charge in [0.05, 0.1) is 6.61 Å². The van der Waals surface area contributed by atoms with E-state index in [0.717, 1.165) is 5.69 Å². The molecule has 0 spiro atoms. The van der Waals surface area contributed by atoms with Gasteiger partial charge in [-0.05, 0) is 36.4 Å². The Balaban J connectivity index is 1.97. The Morgan fingerprint density at radius 2 is 1.94 bits per heavy atom. The molecule has 0 aliphatic carbocycles. The minimum Gasteiger partial charge on any atom is -0.508 e. The summed E-state index contributed by atoms with van der Waals surface area (Å²) in [5.41, 5.74) is 6.66. The average molecular weight is 244 g/mol. The molecule has 0 bridgehead atoms. The van der Waals surface area contributed by atoms with Crippen molar-refractivity contribution in [2.75, 3.05) is 13.2 Å². The number of nitrogens with two attached hydrogens (primary N) is 1. The molecule has 0 saturated carbocycles. The van der Waals surface area contributed by atoms with Gasteiger partial charge in [-0.1, -0.05) is 6.07 Å². The van der Waals surface area contributed by atoms with Gasteiger partial charge in [0, 0.05) is 24.4 Å². The third-order valence-corrected chi connectivity index (χ3v) is 2.68. The standard InChI is InChI=1S/C14H16N2O2/c15-9-11(14-3-1-2-8-16-14)10-18-13-6-4-12(17)5-7-13/h1-8,11,17H,9-10,15H2. The SMILES string of the molecule is NCC(COc1ccc(O)cc1)c1ccccn1. The fraction of sp³-hybridized carbons (Fsp3) is 0.214. The number of aromatic hydroxyl groups is 1. The van der Waals surface area contributed by atoms with E-state index in [1.165, 1.54) is 0 Å². The number of phenolic OH excluding ortho intramolecular Hbond substituents is 1. The van der Waals surface area contributed by atoms with Gasteiger partial charge in [0.25, 0.3) is 0 Å². The summed E-state index contributed by atoms with van der Waals surface area (Å²) in [5, 5.41) is 9.17. The lowest BCUT2D eigenvalue weighted by Gasteiger charge is -2.15. The lowest BCUT2D eigenvalue weighted by atomic mass is 10.1. The van der Waals surface area contributed by atoms with E-state index in [2.05, 4.69) is 4.98 Å². The second kappa shape index (κ2) is 6.02. The molecule has 1 heterocycles. The van der Waals surface area contributed by atoms with Gasteiger partial charge < -0.3 is 15.6 Å². The van der Waals surface area contributed by atoms with Crippen molar-refractivity contribution in [2.24, 2.45) is 5.73 Å². The smallest absolute Gasteiger partial charge is 0.119 e. The molecule has 0 amide bonds. The summed E-state index contributed by atoms with van der Waals surface area (Å²) in [6, 6.07) is 12.4. The summed E-state index contributed by atoms with van der Waals surface area (Å²) in [6.45, 7) is 0.952. The molecular weight excluding hydrogens is 228 g/mol. The Morgan fingerprint density at radius 3 is 2.56 bits per heavy atom. The lowest BCUT2D eigenvalue weighted by molar-refractivity contribution is 0.287. The molecule has 1 atom stereocenters. The predicted molar refractivity (Wildman–Crippen MR) is 69.6 cm³/mol. The minimum absolute atomic E-state index is 0.0694. The van der Waals surface area contributed by atoms with Gasteiger partial charge in [-0.25, -0.2) is 0 Å². The van der Waals surface area contributed by atoms with Crippen LogP contribution in [0.3, 0.4) is 0 Å². The Bertz CT molecular complexity index is 471. The third kappa shape index (κ3) is 3.21. The number of rotatable bonds is 5. The van der Waals surface area contributed by atoms with Crippen molar-refractivity contribution in [1.82, 2.24) is 4.98 Å². The van der Waals surface area contributed by atoms with Crippen molar-refractivity contribution in [3.63, 3.8) is 0 Å². The van der Waals surface area contributed by atoms with Gasteiger partial charge in [-0.2, -0.15) is 0 Å². The van der Waals surface area contributed by atoms with E-state index < -0.39 is 0 Å². The largest absolute Gasteiger partial charge is 0.508 e. The highest BCUT2D eigenvalue weighted by Gasteiger charge is 2.11. The minimum atomic E-state index is 0.0694. The molecule has 3 N–H and O–H groups in total. The fourth-order valence-corrected chi connectivity index (χ4v) is 1.63. The number of benzene rings is 1. The summed E-state index contributed by atoms with van der Waals surface area (Å²) < 4.78 is 5.64. The highest BCUT2D eigenvalue weighted by molar-refractivity contribution is 5.30. The van der Waals surface area contributed by atoms with Gasteiger partial charge in [0.2, 0.25) is 0 Å². The van der Waals surface area contributed by atoms with E-state index in [9.17, 15) is 5.11 Å². The van der Waals surface area contributed by atoms with Crippen LogP contribution in [0.15, 0.2) is 48.7 Å². The first-order chi connectivity index (χ1) is 8.79. The van der Waals surface area contributed by atoms with E-state index in [0.29, 0.717) is 18.9 Å². The predicted octanol–water partition coefficient (Wildman–Crippen LogP) is 1.91. The zero-order valence-electron chi connectivity index (χ0n) is 9.99. The Kier molecular flexibility index (Phi) is 4.15. The van der Waals surface area contributed by atoms with Crippen molar-refractivity contribution in [2.45, 2.75) is 5.92 Å². The maximum Gasteiger partial charge on any atom is 0.119 e. The second-order valence-electron chi connectivity index (χ2n) is 3.99. The molecule has 4 nitrogen and oxygen atoms in total. The normalized spacial score (nSPS) is 12.1. The summed E-state index contributed by atoms with van der Waals surface area (Å²) in [6.07, 6.45) is 1.75. The monoisotopic (exact) mass is 244 g/mol. The number of phenols is 1. The summed E-state index contributed by atoms with van der Waals surface area (Å²) in [5.74, 6) is 1.00. The number of aromatic nitrogens is 1. The molecule has 18 heavy (non-hydrogen) atoms. The second-order valence-corrected chi connectivity index (χ2v) is 3.99. The molecule has 0 aliphatic heterocycles. The van der Waals surface area contributed by atoms with Crippen molar-refractivity contribution < 1.29 is 9.84 Å². The first kappa shape index (κ1) is 12.4. The first-order valence-corrected chi connectivity index (χ1v) is 5.82. The topological polar surface area (TPSA) is 68.4 Å². The van der Waals surface area contributed by atoms with Gasteiger partial charge in [-0.3, -0.25) is 4.98 Å². The van der Waals surface area contributed by atoms with E-state index in [-0.39, 0.29) is 11.7 Å². The van der Waals surface area contributed by atoms with Crippen LogP contribution in [-0.4, -0.2) is 23.2 Å². The molecule has 0 aliphatic rings. The van der Waals surface area contributed by atoms with Crippen LogP contribution in [0, 0.1) is 0 Å². The molecule has 0 radical (unpaired) electrons. The number of hydrogen-bond donors (Lipinski definition) is 2. The molecule has 4 heteroatoms. The average Bonchev–Trinajstić information content (AvgIpc) is 2.43. The molecule has 0 saturated heterocycles. The lowest BCUT2D eigenvalue weighted by Crippen LogP contribution is -2.20. The highest BCUT2D eigenvalue weighted by atomic mass is 16.5. The van der Waals surface area contributed by atoms with Crippen LogP contribution < -0.4 is 10.5 Å². The van der Waals surface area contributed by atoms with Crippen LogP contribution >= 0.6 is 0 Å². The summed E-state index contributed by atoms with van der Waals surface area (Å²) in [4.78, 5) is 4.28. The highest BCUT2D eigenvalue weighted by Crippen LogP contribution is 2.18. The van der Waals surface area contributed by atoms with E-state index >= 15 is 0 Å². The van der Waals surface area contributed by atoms with Crippen LogP contribution in [0.2, 0.25) is 0 Å². The zero-order valence-corrected chi connectivity index (χ0v) is 9.99. The van der Waals surface area contributed by atoms with E-state index in [1.807, 2.05) is 18.2 Å². The number of nitrogens with zero attached hydrogens (tertiary/aromatic N) is 1. The molecule has 1 aromatic carbocycles. The molecule has 2 rings (SSSR count). The van der Waals surface area contributed by atoms with Crippen LogP contribution in [0.5, 0.6) is 11.5 Å². The van der Waals surface area contributed by atoms with E-state index in [4.69, 9.17) is 10.5 Å². The number of hydrogen-bond acceptors (Lipinski definition) is 4. The zero-order chi connectivity index (χ0) is 12.8. The Morgan fingerprint density at radius 1 is 1.17 bits per heavy atom. The summed E-state index contributed by atoms with van der Waals surface area (Å²) in [7, 11) is 0. The number of ether oxygens (including phenoxy) is 1. The molecule has 94 valence electrons. The fourth-order valence-electron chi connectivity index (χ4n) is 1.63. The quantitative estimate of drug-likeness (QED) is 0.843. The van der Waals surface area contributed by atoms with Crippen molar-refractivity contribution in [3.05, 3.63) is 54.4 Å². The Hall–Kier alpha value is -2.07. The van der Waals surface area contributed by atoms with Crippen LogP contribution in [0.25, 0.3) is 0 Å². The van der Waals surface area contributed by atoms with Gasteiger partial charge in [0.1, 0.15) is 11.5 Å². The molecule has 1 aromatic heterocycles. The van der Waals surface area contributed by atoms with Crippen molar-refractivity contribution in [1.29, 1.82) is 0 Å². The van der Waals surface area contributed by atoms with Crippen LogP contribution in [-0.2, 0) is 0 Å². The van der Waals surface area contributed by atoms with Crippen LogP contribution in [0.1, 0.15) is 11.6 Å². The van der Waals surface area contributed by atoms with Gasteiger partial charge >= 0.3 is 0 Å². The van der Waals surface area contributed by atoms with E-state index in [1.54, 1.807) is 30.5 Å². The third-order valence-electron chi connectivity index (χ3n) is 2.68. The first-order valence-electron chi connectivity index (χ1n) is 5.82. The molecule has 0 fully saturated rings. The van der Waals surface area contributed by atoms with Crippen LogP contribution in [0.4, 0.5) is 0 Å². The Labute approximate surface area is 106 Å². The molecule has 1 unspecified atom stereocenters. The number of pyridine rings is 1. The maximum absolute atomic E-state index is 9.17. The van der Waals surface area contributed by atoms with Gasteiger partial charge in [-0.15, -0.1) is 0 Å².